The number of carbonyl (C=O) groups is 2. The fourth-order valence-electron chi connectivity index (χ4n) is 1.15. The van der Waals surface area contributed by atoms with Gasteiger partial charge in [-0.1, -0.05) is 6.08 Å². The smallest absolute Gasteiger partial charge is 0.172 e. The van der Waals surface area contributed by atoms with Crippen molar-refractivity contribution < 1.29 is 14.3 Å². The summed E-state index contributed by atoms with van der Waals surface area (Å²) >= 11 is 0. The molecule has 1 fully saturated rings. The minimum atomic E-state index is -0.730. The minimum Gasteiger partial charge on any atom is -0.349 e. The van der Waals surface area contributed by atoms with Crippen molar-refractivity contribution in [2.75, 3.05) is 0 Å². The van der Waals surface area contributed by atoms with E-state index in [2.05, 4.69) is 0 Å². The van der Waals surface area contributed by atoms with Crippen LogP contribution in [-0.2, 0) is 14.3 Å². The van der Waals surface area contributed by atoms with Crippen LogP contribution in [0.25, 0.3) is 0 Å². The zero-order valence-corrected chi connectivity index (χ0v) is 5.69. The van der Waals surface area contributed by atoms with Crippen molar-refractivity contribution in [3.8, 4) is 0 Å². The van der Waals surface area contributed by atoms with Crippen LogP contribution in [0.15, 0.2) is 23.8 Å². The molecule has 0 aromatic carbocycles. The molecule has 56 valence electrons. The maximum absolute atomic E-state index is 10.4. The Hall–Kier alpha value is -1.22. The Labute approximate surface area is 63.3 Å². The molecular weight excluding hydrogens is 144 g/mol. The highest BCUT2D eigenvalue weighted by Gasteiger charge is 2.54. The van der Waals surface area contributed by atoms with Crippen LogP contribution in [0.1, 0.15) is 0 Å². The molecule has 0 aromatic heterocycles. The Morgan fingerprint density at radius 1 is 1.55 bits per heavy atom. The third kappa shape index (κ3) is 0.778. The van der Waals surface area contributed by atoms with Gasteiger partial charge in [-0.05, 0) is 12.2 Å². The number of hydrogen-bond acceptors (Lipinski definition) is 3. The maximum Gasteiger partial charge on any atom is 0.172 e. The predicted molar refractivity (Wildman–Crippen MR) is 37.0 cm³/mol. The van der Waals surface area contributed by atoms with Crippen molar-refractivity contribution in [1.82, 2.24) is 0 Å². The van der Waals surface area contributed by atoms with Gasteiger partial charge in [0.05, 0.1) is 0 Å². The van der Waals surface area contributed by atoms with Crippen molar-refractivity contribution in [3.05, 3.63) is 23.8 Å². The van der Waals surface area contributed by atoms with Crippen LogP contribution in [-0.4, -0.2) is 24.3 Å². The highest BCUT2D eigenvalue weighted by atomic mass is 16.6. The summed E-state index contributed by atoms with van der Waals surface area (Å²) in [5.74, 6) is 0. The van der Waals surface area contributed by atoms with Crippen LogP contribution in [0.4, 0.5) is 0 Å². The molecule has 0 N–H and O–H groups in total. The van der Waals surface area contributed by atoms with Crippen LogP contribution in [0, 0.1) is 0 Å². The number of ether oxygens (including phenoxy) is 1. The summed E-state index contributed by atoms with van der Waals surface area (Å²) in [6.45, 7) is 0. The Morgan fingerprint density at radius 3 is 2.91 bits per heavy atom. The Morgan fingerprint density at radius 2 is 2.36 bits per heavy atom. The van der Waals surface area contributed by atoms with E-state index in [-0.39, 0.29) is 6.10 Å². The number of hydrogen-bond donors (Lipinski definition) is 0. The molecule has 3 nitrogen and oxygen atoms in total. The van der Waals surface area contributed by atoms with Gasteiger partial charge in [-0.25, -0.2) is 0 Å². The number of epoxide rings is 1. The van der Waals surface area contributed by atoms with Crippen LogP contribution in [0.5, 0.6) is 0 Å². The number of rotatable bonds is 2. The van der Waals surface area contributed by atoms with Gasteiger partial charge in [-0.2, -0.15) is 0 Å². The quantitative estimate of drug-likeness (QED) is 0.411. The van der Waals surface area contributed by atoms with E-state index in [9.17, 15) is 9.59 Å². The van der Waals surface area contributed by atoms with E-state index >= 15 is 0 Å². The fraction of sp³-hybridized carbons (Fsp3) is 0.250. The first-order valence-electron chi connectivity index (χ1n) is 3.31. The fourth-order valence-corrected chi connectivity index (χ4v) is 1.15. The molecule has 0 saturated carbocycles. The molecule has 1 saturated heterocycles. The van der Waals surface area contributed by atoms with Crippen LogP contribution in [0.3, 0.4) is 0 Å². The standard InChI is InChI=1S/C8H6O3/c9-4-6-1-2-8(5-10)7(3-6)11-8/h1-5,7H. The van der Waals surface area contributed by atoms with Gasteiger partial charge >= 0.3 is 0 Å². The lowest BCUT2D eigenvalue weighted by Gasteiger charge is -1.99. The van der Waals surface area contributed by atoms with Crippen LogP contribution < -0.4 is 0 Å². The monoisotopic (exact) mass is 150 g/mol. The molecule has 1 aliphatic heterocycles. The van der Waals surface area contributed by atoms with Crippen molar-refractivity contribution in [2.24, 2.45) is 0 Å². The van der Waals surface area contributed by atoms with E-state index in [1.54, 1.807) is 18.2 Å². The second-order valence-electron chi connectivity index (χ2n) is 2.63. The summed E-state index contributed by atoms with van der Waals surface area (Å²) in [6, 6.07) is 0. The topological polar surface area (TPSA) is 46.7 Å². The van der Waals surface area contributed by atoms with Gasteiger partial charge in [0.25, 0.3) is 0 Å². The lowest BCUT2D eigenvalue weighted by Crippen LogP contribution is -2.15. The van der Waals surface area contributed by atoms with Crippen molar-refractivity contribution in [1.29, 1.82) is 0 Å². The van der Waals surface area contributed by atoms with Gasteiger partial charge in [-0.15, -0.1) is 0 Å². The molecule has 0 amide bonds. The Kier molecular flexibility index (Phi) is 1.11. The van der Waals surface area contributed by atoms with E-state index in [1.165, 1.54) is 0 Å². The number of fused-ring (bicyclic) bond motifs is 1. The molecule has 1 heterocycles. The maximum atomic E-state index is 10.4. The van der Waals surface area contributed by atoms with Crippen molar-refractivity contribution in [2.45, 2.75) is 11.7 Å². The molecule has 2 aliphatic rings. The lowest BCUT2D eigenvalue weighted by atomic mass is 9.99. The molecule has 3 heteroatoms. The summed E-state index contributed by atoms with van der Waals surface area (Å²) in [7, 11) is 0. The highest BCUT2D eigenvalue weighted by molar-refractivity contribution is 5.83. The van der Waals surface area contributed by atoms with E-state index in [1.807, 2.05) is 0 Å². The van der Waals surface area contributed by atoms with Gasteiger partial charge in [0.15, 0.2) is 11.9 Å². The summed E-state index contributed by atoms with van der Waals surface area (Å²) < 4.78 is 5.06. The van der Waals surface area contributed by atoms with Gasteiger partial charge < -0.3 is 4.74 Å². The van der Waals surface area contributed by atoms with Gasteiger partial charge in [0.2, 0.25) is 0 Å². The van der Waals surface area contributed by atoms with Gasteiger partial charge in [0.1, 0.15) is 12.4 Å². The van der Waals surface area contributed by atoms with Gasteiger partial charge in [-0.3, -0.25) is 9.59 Å². The molecule has 1 aliphatic carbocycles. The molecule has 2 atom stereocenters. The van der Waals surface area contributed by atoms with Crippen molar-refractivity contribution in [3.63, 3.8) is 0 Å². The molecule has 2 unspecified atom stereocenters. The third-order valence-electron chi connectivity index (χ3n) is 1.92. The summed E-state index contributed by atoms with van der Waals surface area (Å²) in [5.41, 5.74) is -0.156. The average molecular weight is 150 g/mol. The Bertz CT molecular complexity index is 277. The average Bonchev–Trinajstić information content (AvgIpc) is 2.77. The number of allylic oxidation sites excluding steroid dienone is 2. The summed E-state index contributed by atoms with van der Waals surface area (Å²) in [6.07, 6.45) is 6.17. The molecule has 2 rings (SSSR count). The first kappa shape index (κ1) is 6.49. The summed E-state index contributed by atoms with van der Waals surface area (Å²) in [5, 5.41) is 0. The molecule has 11 heavy (non-hydrogen) atoms. The van der Waals surface area contributed by atoms with Crippen molar-refractivity contribution >= 4 is 12.6 Å². The first-order chi connectivity index (χ1) is 5.30. The van der Waals surface area contributed by atoms with E-state index in [0.717, 1.165) is 12.6 Å². The first-order valence-corrected chi connectivity index (χ1v) is 3.31. The molecule has 0 aromatic rings. The zero-order chi connectivity index (χ0) is 7.90. The number of aldehydes is 2. The Balaban J connectivity index is 2.27. The van der Waals surface area contributed by atoms with Crippen LogP contribution in [0.2, 0.25) is 0 Å². The molecule has 0 spiro atoms. The highest BCUT2D eigenvalue weighted by Crippen LogP contribution is 2.40. The SMILES string of the molecule is O=CC1=CC2OC2(C=O)C=C1. The normalized spacial score (nSPS) is 38.9. The second kappa shape index (κ2) is 1.89. The van der Waals surface area contributed by atoms with Crippen LogP contribution >= 0.6 is 0 Å². The number of carbonyl (C=O) groups excluding carboxylic acids is 2. The molecular formula is C8H6O3. The molecule has 0 bridgehead atoms. The predicted octanol–water partition coefficient (Wildman–Crippen LogP) is 0.0180. The van der Waals surface area contributed by atoms with Gasteiger partial charge in [0, 0.05) is 5.57 Å². The minimum absolute atomic E-state index is 0.204. The molecule has 0 radical (unpaired) electrons. The van der Waals surface area contributed by atoms with E-state index in [4.69, 9.17) is 4.74 Å². The lowest BCUT2D eigenvalue weighted by molar-refractivity contribution is -0.111. The third-order valence-corrected chi connectivity index (χ3v) is 1.92. The zero-order valence-electron chi connectivity index (χ0n) is 5.69. The van der Waals surface area contributed by atoms with E-state index < -0.39 is 5.60 Å². The largest absolute Gasteiger partial charge is 0.349 e. The van der Waals surface area contributed by atoms with E-state index in [0.29, 0.717) is 5.57 Å². The summed E-state index contributed by atoms with van der Waals surface area (Å²) in [4.78, 5) is 20.7. The second-order valence-corrected chi connectivity index (χ2v) is 2.63.